The molecule has 112 valence electrons. The van der Waals surface area contributed by atoms with Gasteiger partial charge in [0.25, 0.3) is 0 Å². The van der Waals surface area contributed by atoms with E-state index in [1.165, 1.54) is 25.7 Å². The van der Waals surface area contributed by atoms with Crippen LogP contribution in [0.3, 0.4) is 0 Å². The summed E-state index contributed by atoms with van der Waals surface area (Å²) in [5, 5.41) is 3.43. The molecule has 1 saturated carbocycles. The number of carbonyl (C=O) groups excluding carboxylic acids is 1. The quantitative estimate of drug-likeness (QED) is 0.866. The molecule has 1 amide bonds. The molecule has 0 aromatic heterocycles. The molecule has 3 nitrogen and oxygen atoms in total. The Morgan fingerprint density at radius 2 is 1.84 bits per heavy atom. The number of nitrogens with zero attached hydrogens (tertiary/aromatic N) is 1. The first-order valence-electron chi connectivity index (χ1n) is 7.65. The fourth-order valence-electron chi connectivity index (χ4n) is 3.61. The van der Waals surface area contributed by atoms with Gasteiger partial charge >= 0.3 is 0 Å². The van der Waals surface area contributed by atoms with Crippen LogP contribution in [0.5, 0.6) is 0 Å². The molecule has 1 aliphatic heterocycles. The van der Waals surface area contributed by atoms with Crippen LogP contribution in [-0.2, 0) is 4.79 Å². The van der Waals surface area contributed by atoms with Crippen LogP contribution in [-0.4, -0.2) is 35.5 Å². The zero-order valence-electron chi connectivity index (χ0n) is 12.5. The third-order valence-electron chi connectivity index (χ3n) is 4.50. The van der Waals surface area contributed by atoms with Crippen molar-refractivity contribution in [3.05, 3.63) is 0 Å². The standard InChI is InChI=1S/C15H28N2O.ClH/c1-11(2)17(14-6-4-5-7-14)15(18)13-8-9-16-12(3)10-13;/h11-14,16H,4-10H2,1-3H3;1H/t12-,13-;/m0./s1. The molecule has 4 heteroatoms. The fraction of sp³-hybridized carbons (Fsp3) is 0.933. The maximum atomic E-state index is 12.8. The van der Waals surface area contributed by atoms with Crippen molar-refractivity contribution in [2.24, 2.45) is 5.92 Å². The molecule has 0 spiro atoms. The molecule has 2 atom stereocenters. The van der Waals surface area contributed by atoms with Gasteiger partial charge in [-0.3, -0.25) is 4.79 Å². The topological polar surface area (TPSA) is 32.3 Å². The number of halogens is 1. The maximum absolute atomic E-state index is 12.8. The maximum Gasteiger partial charge on any atom is 0.226 e. The molecule has 2 fully saturated rings. The smallest absolute Gasteiger partial charge is 0.226 e. The molecular weight excluding hydrogens is 260 g/mol. The summed E-state index contributed by atoms with van der Waals surface area (Å²) in [6, 6.07) is 1.36. The molecule has 19 heavy (non-hydrogen) atoms. The second kappa shape index (κ2) is 7.49. The van der Waals surface area contributed by atoms with E-state index in [-0.39, 0.29) is 18.3 Å². The first-order chi connectivity index (χ1) is 8.59. The van der Waals surface area contributed by atoms with E-state index in [4.69, 9.17) is 0 Å². The predicted molar refractivity (Wildman–Crippen MR) is 81.7 cm³/mol. The van der Waals surface area contributed by atoms with Gasteiger partial charge in [-0.05, 0) is 53.0 Å². The number of piperidine rings is 1. The van der Waals surface area contributed by atoms with Crippen LogP contribution in [0.25, 0.3) is 0 Å². The summed E-state index contributed by atoms with van der Waals surface area (Å²) in [6.45, 7) is 7.52. The molecule has 2 rings (SSSR count). The van der Waals surface area contributed by atoms with Gasteiger partial charge in [0.05, 0.1) is 0 Å². The molecule has 1 aliphatic carbocycles. The van der Waals surface area contributed by atoms with Crippen molar-refractivity contribution >= 4 is 18.3 Å². The van der Waals surface area contributed by atoms with Gasteiger partial charge in [0, 0.05) is 24.0 Å². The first-order valence-corrected chi connectivity index (χ1v) is 7.65. The van der Waals surface area contributed by atoms with E-state index in [2.05, 4.69) is 31.0 Å². The largest absolute Gasteiger partial charge is 0.337 e. The Morgan fingerprint density at radius 3 is 2.37 bits per heavy atom. The Bertz CT molecular complexity index is 290. The summed E-state index contributed by atoms with van der Waals surface area (Å²) in [4.78, 5) is 15.0. The van der Waals surface area contributed by atoms with E-state index in [1.54, 1.807) is 0 Å². The molecule has 1 heterocycles. The van der Waals surface area contributed by atoms with Crippen molar-refractivity contribution in [1.29, 1.82) is 0 Å². The number of amides is 1. The summed E-state index contributed by atoms with van der Waals surface area (Å²) in [5.74, 6) is 0.675. The van der Waals surface area contributed by atoms with Crippen LogP contribution in [0.4, 0.5) is 0 Å². The zero-order chi connectivity index (χ0) is 13.1. The number of hydrogen-bond donors (Lipinski definition) is 1. The minimum atomic E-state index is 0. The van der Waals surface area contributed by atoms with E-state index in [0.29, 0.717) is 24.0 Å². The first kappa shape index (κ1) is 16.8. The van der Waals surface area contributed by atoms with Gasteiger partial charge in [0.1, 0.15) is 0 Å². The highest BCUT2D eigenvalue weighted by atomic mass is 35.5. The van der Waals surface area contributed by atoms with Gasteiger partial charge in [0.2, 0.25) is 5.91 Å². The summed E-state index contributed by atoms with van der Waals surface area (Å²) in [6.07, 6.45) is 7.04. The van der Waals surface area contributed by atoms with Crippen molar-refractivity contribution in [2.75, 3.05) is 6.54 Å². The van der Waals surface area contributed by atoms with E-state index in [9.17, 15) is 4.79 Å². The van der Waals surface area contributed by atoms with Gasteiger partial charge in [-0.1, -0.05) is 12.8 Å². The van der Waals surface area contributed by atoms with E-state index >= 15 is 0 Å². The Kier molecular flexibility index (Phi) is 6.61. The van der Waals surface area contributed by atoms with Crippen molar-refractivity contribution < 1.29 is 4.79 Å². The van der Waals surface area contributed by atoms with Crippen LogP contribution in [0.2, 0.25) is 0 Å². The third-order valence-corrected chi connectivity index (χ3v) is 4.50. The Hall–Kier alpha value is -0.280. The molecular formula is C15H29ClN2O. The molecule has 0 unspecified atom stereocenters. The van der Waals surface area contributed by atoms with Crippen LogP contribution in [0.15, 0.2) is 0 Å². The zero-order valence-corrected chi connectivity index (χ0v) is 13.3. The molecule has 1 N–H and O–H groups in total. The fourth-order valence-corrected chi connectivity index (χ4v) is 3.61. The van der Waals surface area contributed by atoms with Gasteiger partial charge in [0.15, 0.2) is 0 Å². The second-order valence-corrected chi connectivity index (χ2v) is 6.35. The average Bonchev–Trinajstić information content (AvgIpc) is 2.82. The van der Waals surface area contributed by atoms with Crippen molar-refractivity contribution in [2.45, 2.75) is 77.4 Å². The highest BCUT2D eigenvalue weighted by Gasteiger charge is 2.34. The highest BCUT2D eigenvalue weighted by Crippen LogP contribution is 2.28. The predicted octanol–water partition coefficient (Wildman–Crippen LogP) is 2.98. The Balaban J connectivity index is 0.00000180. The van der Waals surface area contributed by atoms with E-state index in [1.807, 2.05) is 0 Å². The summed E-state index contributed by atoms with van der Waals surface area (Å²) >= 11 is 0. The lowest BCUT2D eigenvalue weighted by Gasteiger charge is -2.38. The summed E-state index contributed by atoms with van der Waals surface area (Å²) in [7, 11) is 0. The molecule has 0 aromatic carbocycles. The second-order valence-electron chi connectivity index (χ2n) is 6.35. The van der Waals surface area contributed by atoms with Crippen LogP contribution < -0.4 is 5.32 Å². The van der Waals surface area contributed by atoms with Crippen molar-refractivity contribution in [3.8, 4) is 0 Å². The normalized spacial score (nSPS) is 28.2. The molecule has 2 aliphatic rings. The van der Waals surface area contributed by atoms with E-state index in [0.717, 1.165) is 19.4 Å². The lowest BCUT2D eigenvalue weighted by atomic mass is 9.91. The lowest BCUT2D eigenvalue weighted by Crippen LogP contribution is -2.49. The van der Waals surface area contributed by atoms with Crippen LogP contribution in [0.1, 0.15) is 59.3 Å². The summed E-state index contributed by atoms with van der Waals surface area (Å²) in [5.41, 5.74) is 0. The highest BCUT2D eigenvalue weighted by molar-refractivity contribution is 5.85. The minimum absolute atomic E-state index is 0. The molecule has 0 aromatic rings. The van der Waals surface area contributed by atoms with Crippen molar-refractivity contribution in [3.63, 3.8) is 0 Å². The number of nitrogens with one attached hydrogen (secondary N) is 1. The third kappa shape index (κ3) is 4.09. The lowest BCUT2D eigenvalue weighted by molar-refractivity contribution is -0.141. The summed E-state index contributed by atoms with van der Waals surface area (Å²) < 4.78 is 0. The monoisotopic (exact) mass is 288 g/mol. The molecule has 0 radical (unpaired) electrons. The van der Waals surface area contributed by atoms with Gasteiger partial charge in [-0.2, -0.15) is 0 Å². The Labute approximate surface area is 123 Å². The van der Waals surface area contributed by atoms with Crippen molar-refractivity contribution in [1.82, 2.24) is 10.2 Å². The SMILES string of the molecule is CC(C)N(C(=O)[C@H]1CCN[C@@H](C)C1)C1CCCC1.Cl. The van der Waals surface area contributed by atoms with Gasteiger partial charge < -0.3 is 10.2 Å². The number of hydrogen-bond acceptors (Lipinski definition) is 2. The van der Waals surface area contributed by atoms with Crippen LogP contribution >= 0.6 is 12.4 Å². The minimum Gasteiger partial charge on any atom is -0.337 e. The molecule has 0 bridgehead atoms. The van der Waals surface area contributed by atoms with Gasteiger partial charge in [-0.25, -0.2) is 0 Å². The van der Waals surface area contributed by atoms with Gasteiger partial charge in [-0.15, -0.1) is 12.4 Å². The Morgan fingerprint density at radius 1 is 1.21 bits per heavy atom. The molecule has 1 saturated heterocycles. The average molecular weight is 289 g/mol. The number of rotatable bonds is 3. The van der Waals surface area contributed by atoms with E-state index < -0.39 is 0 Å². The van der Waals surface area contributed by atoms with Crippen LogP contribution in [0, 0.1) is 5.92 Å². The number of carbonyl (C=O) groups is 1.